The van der Waals surface area contributed by atoms with Crippen LogP contribution >= 0.6 is 24.0 Å². The van der Waals surface area contributed by atoms with Crippen LogP contribution in [0.25, 0.3) is 10.9 Å². The maximum atomic E-state index is 12.0. The molecule has 4 rings (SSSR count). The number of fused-ring (bicyclic) bond motifs is 1. The number of hydrogen-bond donors (Lipinski definition) is 0. The third kappa shape index (κ3) is 6.04. The number of ether oxygens (including phenoxy) is 1. The molecule has 1 aliphatic rings. The second kappa shape index (κ2) is 11.2. The van der Waals surface area contributed by atoms with Gasteiger partial charge in [0.25, 0.3) is 5.56 Å². The first-order valence-electron chi connectivity index (χ1n) is 10.9. The lowest BCUT2D eigenvalue weighted by Crippen LogP contribution is -2.46. The summed E-state index contributed by atoms with van der Waals surface area (Å²) in [6.45, 7) is 9.02. The van der Waals surface area contributed by atoms with Crippen LogP contribution in [-0.2, 0) is 13.6 Å². The minimum Gasteiger partial charge on any atom is -0.493 e. The number of nitrogens with zero attached hydrogens (tertiary/aromatic N) is 3. The average Bonchev–Trinajstić information content (AvgIpc) is 2.78. The van der Waals surface area contributed by atoms with Crippen LogP contribution in [-0.4, -0.2) is 53.7 Å². The molecule has 0 atom stereocenters. The molecule has 0 radical (unpaired) electrons. The SMILES string of the molecule is Cc1cc(=O)n(C)c2cc(OCCCN3CCN(Cc4ccc(Cl)cc4)CC3)ccc12.Cl. The fourth-order valence-electron chi connectivity index (χ4n) is 4.19. The monoisotopic (exact) mass is 475 g/mol. The Labute approximate surface area is 200 Å². The summed E-state index contributed by atoms with van der Waals surface area (Å²) >= 11 is 5.97. The van der Waals surface area contributed by atoms with Crippen LogP contribution < -0.4 is 10.3 Å². The van der Waals surface area contributed by atoms with Crippen molar-refractivity contribution in [3.8, 4) is 5.75 Å². The van der Waals surface area contributed by atoms with Gasteiger partial charge in [-0.25, -0.2) is 0 Å². The lowest BCUT2D eigenvalue weighted by Gasteiger charge is -2.34. The molecule has 0 aliphatic carbocycles. The Morgan fingerprint density at radius 1 is 0.969 bits per heavy atom. The van der Waals surface area contributed by atoms with Gasteiger partial charge in [0.1, 0.15) is 5.75 Å². The largest absolute Gasteiger partial charge is 0.493 e. The Bertz CT molecular complexity index is 1090. The van der Waals surface area contributed by atoms with Gasteiger partial charge >= 0.3 is 0 Å². The van der Waals surface area contributed by atoms with Crippen molar-refractivity contribution < 1.29 is 4.74 Å². The van der Waals surface area contributed by atoms with E-state index >= 15 is 0 Å². The molecule has 0 N–H and O–H groups in total. The van der Waals surface area contributed by atoms with Gasteiger partial charge < -0.3 is 14.2 Å². The van der Waals surface area contributed by atoms with Gasteiger partial charge in [-0.05, 0) is 48.7 Å². The quantitative estimate of drug-likeness (QED) is 0.471. The first-order chi connectivity index (χ1) is 15.0. The fraction of sp³-hybridized carbons (Fsp3) is 0.400. The normalized spacial score (nSPS) is 15.0. The number of piperazine rings is 1. The lowest BCUT2D eigenvalue weighted by molar-refractivity contribution is 0.121. The predicted octanol–water partition coefficient (Wildman–Crippen LogP) is 4.51. The molecule has 1 aliphatic heterocycles. The highest BCUT2D eigenvalue weighted by molar-refractivity contribution is 6.30. The molecule has 2 aromatic carbocycles. The molecular formula is C25H31Cl2N3O2. The number of rotatable bonds is 7. The molecule has 1 aromatic heterocycles. The van der Waals surface area contributed by atoms with Crippen molar-refractivity contribution in [2.45, 2.75) is 19.9 Å². The first kappa shape index (κ1) is 24.6. The van der Waals surface area contributed by atoms with E-state index in [1.54, 1.807) is 17.7 Å². The van der Waals surface area contributed by atoms with Gasteiger partial charge in [0.15, 0.2) is 0 Å². The molecule has 0 saturated carbocycles. The fourth-order valence-corrected chi connectivity index (χ4v) is 4.31. The summed E-state index contributed by atoms with van der Waals surface area (Å²) in [5.74, 6) is 0.820. The highest BCUT2D eigenvalue weighted by atomic mass is 35.5. The summed E-state index contributed by atoms with van der Waals surface area (Å²) in [7, 11) is 1.81. The molecule has 2 heterocycles. The summed E-state index contributed by atoms with van der Waals surface area (Å²) in [4.78, 5) is 17.1. The Balaban J connectivity index is 0.00000289. The summed E-state index contributed by atoms with van der Waals surface area (Å²) in [6, 6.07) is 15.8. The van der Waals surface area contributed by atoms with Crippen molar-refractivity contribution in [1.82, 2.24) is 14.4 Å². The van der Waals surface area contributed by atoms with Gasteiger partial charge in [-0.2, -0.15) is 0 Å². The van der Waals surface area contributed by atoms with E-state index in [4.69, 9.17) is 16.3 Å². The Morgan fingerprint density at radius 2 is 1.66 bits per heavy atom. The molecule has 5 nitrogen and oxygen atoms in total. The van der Waals surface area contributed by atoms with E-state index in [1.165, 1.54) is 5.56 Å². The zero-order valence-corrected chi connectivity index (χ0v) is 20.3. The minimum absolute atomic E-state index is 0. The van der Waals surface area contributed by atoms with E-state index in [1.807, 2.05) is 37.3 Å². The predicted molar refractivity (Wildman–Crippen MR) is 134 cm³/mol. The number of halogens is 2. The Morgan fingerprint density at radius 3 is 2.38 bits per heavy atom. The van der Waals surface area contributed by atoms with Crippen molar-refractivity contribution >= 4 is 34.9 Å². The van der Waals surface area contributed by atoms with Gasteiger partial charge in [0.2, 0.25) is 0 Å². The summed E-state index contributed by atoms with van der Waals surface area (Å²) in [6.07, 6.45) is 0.988. The van der Waals surface area contributed by atoms with Crippen LogP contribution in [0.1, 0.15) is 17.5 Å². The van der Waals surface area contributed by atoms with Crippen LogP contribution in [0, 0.1) is 6.92 Å². The number of aryl methyl sites for hydroxylation is 2. The Hall–Kier alpha value is -2.05. The summed E-state index contributed by atoms with van der Waals surface area (Å²) < 4.78 is 7.67. The van der Waals surface area contributed by atoms with E-state index in [2.05, 4.69) is 21.9 Å². The molecule has 0 amide bonds. The topological polar surface area (TPSA) is 37.7 Å². The number of hydrogen-bond acceptors (Lipinski definition) is 4. The van der Waals surface area contributed by atoms with Crippen molar-refractivity contribution in [1.29, 1.82) is 0 Å². The average molecular weight is 476 g/mol. The molecule has 3 aromatic rings. The molecule has 172 valence electrons. The van der Waals surface area contributed by atoms with E-state index in [-0.39, 0.29) is 18.0 Å². The molecule has 0 unspecified atom stereocenters. The van der Waals surface area contributed by atoms with Crippen molar-refractivity contribution in [2.24, 2.45) is 7.05 Å². The molecular weight excluding hydrogens is 445 g/mol. The highest BCUT2D eigenvalue weighted by Gasteiger charge is 2.16. The molecule has 0 spiro atoms. The van der Waals surface area contributed by atoms with Gasteiger partial charge in [0, 0.05) is 68.9 Å². The zero-order valence-electron chi connectivity index (χ0n) is 18.7. The maximum Gasteiger partial charge on any atom is 0.251 e. The molecule has 1 fully saturated rings. The van der Waals surface area contributed by atoms with Crippen LogP contribution in [0.5, 0.6) is 5.75 Å². The molecule has 0 bridgehead atoms. The number of aromatic nitrogens is 1. The molecule has 32 heavy (non-hydrogen) atoms. The summed E-state index contributed by atoms with van der Waals surface area (Å²) in [5, 5.41) is 1.88. The van der Waals surface area contributed by atoms with Gasteiger partial charge in [-0.15, -0.1) is 12.4 Å². The lowest BCUT2D eigenvalue weighted by atomic mass is 10.1. The molecule has 1 saturated heterocycles. The van der Waals surface area contributed by atoms with E-state index in [0.717, 1.165) is 72.9 Å². The van der Waals surface area contributed by atoms with Gasteiger partial charge in [0.05, 0.1) is 12.1 Å². The first-order valence-corrected chi connectivity index (χ1v) is 11.3. The number of benzene rings is 2. The van der Waals surface area contributed by atoms with E-state index in [9.17, 15) is 4.79 Å². The van der Waals surface area contributed by atoms with Crippen LogP contribution in [0.4, 0.5) is 0 Å². The standard InChI is InChI=1S/C25H30ClN3O2.ClH/c1-19-16-25(30)27(2)24-17-22(8-9-23(19)24)31-15-3-10-28-11-13-29(14-12-28)18-20-4-6-21(26)7-5-20;/h4-9,16-17H,3,10-15,18H2,1-2H3;1H. The minimum atomic E-state index is 0. The van der Waals surface area contributed by atoms with Crippen LogP contribution in [0.2, 0.25) is 5.02 Å². The number of pyridine rings is 1. The third-order valence-corrected chi connectivity index (χ3v) is 6.35. The van der Waals surface area contributed by atoms with Crippen molar-refractivity contribution in [2.75, 3.05) is 39.3 Å². The highest BCUT2D eigenvalue weighted by Crippen LogP contribution is 2.22. The third-order valence-electron chi connectivity index (χ3n) is 6.10. The van der Waals surface area contributed by atoms with Crippen molar-refractivity contribution in [3.63, 3.8) is 0 Å². The second-order valence-electron chi connectivity index (χ2n) is 8.35. The van der Waals surface area contributed by atoms with Gasteiger partial charge in [-0.1, -0.05) is 23.7 Å². The van der Waals surface area contributed by atoms with Crippen LogP contribution in [0.15, 0.2) is 53.3 Å². The van der Waals surface area contributed by atoms with Crippen molar-refractivity contribution in [3.05, 3.63) is 75.0 Å². The maximum absolute atomic E-state index is 12.0. The van der Waals surface area contributed by atoms with Crippen LogP contribution in [0.3, 0.4) is 0 Å². The summed E-state index contributed by atoms with van der Waals surface area (Å²) in [5.41, 5.74) is 3.24. The van der Waals surface area contributed by atoms with E-state index < -0.39 is 0 Å². The molecule has 7 heteroatoms. The van der Waals surface area contributed by atoms with Gasteiger partial charge in [-0.3, -0.25) is 9.69 Å². The zero-order chi connectivity index (χ0) is 21.8. The second-order valence-corrected chi connectivity index (χ2v) is 8.79. The van der Waals surface area contributed by atoms with E-state index in [0.29, 0.717) is 6.61 Å². The Kier molecular flexibility index (Phi) is 8.60. The smallest absolute Gasteiger partial charge is 0.251 e.